The second kappa shape index (κ2) is 11.0. The van der Waals surface area contributed by atoms with Crippen LogP contribution in [0.5, 0.6) is 0 Å². The zero-order valence-corrected chi connectivity index (χ0v) is 15.4. The van der Waals surface area contributed by atoms with Crippen LogP contribution in [-0.4, -0.2) is 23.8 Å². The van der Waals surface area contributed by atoms with E-state index in [4.69, 9.17) is 9.47 Å². The molecule has 0 saturated heterocycles. The number of aliphatic hydroxyl groups excluding tert-OH is 1. The Kier molecular flexibility index (Phi) is 8.37. The normalized spacial score (nSPS) is 13.0. The summed E-state index contributed by atoms with van der Waals surface area (Å²) in [5.41, 5.74) is 1.40. The number of hydrogen-bond donors (Lipinski definition) is 1. The Balaban J connectivity index is 2.24. The Bertz CT molecular complexity index is 800. The van der Waals surface area contributed by atoms with Gasteiger partial charge in [-0.25, -0.2) is 0 Å². The number of aliphatic hydroxyl groups is 1. The van der Waals surface area contributed by atoms with E-state index in [0.29, 0.717) is 5.56 Å². The van der Waals surface area contributed by atoms with Gasteiger partial charge in [0.05, 0.1) is 12.7 Å². The summed E-state index contributed by atoms with van der Waals surface area (Å²) in [6, 6.07) is 17.7. The minimum absolute atomic E-state index is 0.00960. The summed E-state index contributed by atoms with van der Waals surface area (Å²) in [5, 5.41) is 10.4. The lowest BCUT2D eigenvalue weighted by Gasteiger charge is -2.21. The maximum absolute atomic E-state index is 13.6. The first-order chi connectivity index (χ1) is 13.5. The number of halogens is 2. The van der Waals surface area contributed by atoms with Crippen molar-refractivity contribution in [1.29, 1.82) is 0 Å². The first-order valence-corrected chi connectivity index (χ1v) is 8.82. The smallest absolute Gasteiger partial charge is 0.319 e. The molecule has 2 atom stereocenters. The molecule has 1 N–H and O–H groups in total. The van der Waals surface area contributed by atoms with Crippen molar-refractivity contribution in [2.45, 2.75) is 19.6 Å². The van der Waals surface area contributed by atoms with Crippen molar-refractivity contribution in [1.82, 2.24) is 0 Å². The monoisotopic (exact) mass is 388 g/mol. The van der Waals surface area contributed by atoms with Crippen LogP contribution in [-0.2, 0) is 20.9 Å². The zero-order chi connectivity index (χ0) is 20.4. The van der Waals surface area contributed by atoms with Crippen molar-refractivity contribution in [3.8, 4) is 0 Å². The number of carbonyl (C=O) groups excluding carboxylic acids is 1. The Morgan fingerprint density at radius 3 is 2.21 bits per heavy atom. The molecule has 0 aliphatic rings. The van der Waals surface area contributed by atoms with Crippen molar-refractivity contribution in [2.24, 2.45) is 5.92 Å². The summed E-state index contributed by atoms with van der Waals surface area (Å²) < 4.78 is 37.3. The first-order valence-electron chi connectivity index (χ1n) is 8.82. The molecule has 2 aromatic carbocycles. The van der Waals surface area contributed by atoms with E-state index in [1.54, 1.807) is 67.6 Å². The molecule has 0 unspecified atom stereocenters. The molecule has 0 aromatic heterocycles. The van der Waals surface area contributed by atoms with E-state index < -0.39 is 29.8 Å². The van der Waals surface area contributed by atoms with Gasteiger partial charge in [0.2, 0.25) is 0 Å². The molecule has 2 rings (SSSR count). The molecule has 0 heterocycles. The summed E-state index contributed by atoms with van der Waals surface area (Å²) in [6.07, 6.45) is -0.916. The van der Waals surface area contributed by atoms with Gasteiger partial charge in [-0.1, -0.05) is 72.8 Å². The molecule has 28 heavy (non-hydrogen) atoms. The summed E-state index contributed by atoms with van der Waals surface area (Å²) >= 11 is 0. The summed E-state index contributed by atoms with van der Waals surface area (Å²) in [7, 11) is 0. The number of hydrogen-bond acceptors (Lipinski definition) is 4. The van der Waals surface area contributed by atoms with Gasteiger partial charge < -0.3 is 14.6 Å². The van der Waals surface area contributed by atoms with E-state index in [0.717, 1.165) is 5.56 Å². The SMILES string of the molecule is CCOC(=O)[C@@H](C(OCc1ccccc1)=C(F)F)[C@@H](O)/C=C/c1ccccc1. The van der Waals surface area contributed by atoms with Crippen molar-refractivity contribution in [2.75, 3.05) is 6.61 Å². The van der Waals surface area contributed by atoms with Gasteiger partial charge in [0.15, 0.2) is 5.76 Å². The van der Waals surface area contributed by atoms with Crippen molar-refractivity contribution in [3.05, 3.63) is 89.7 Å². The average Bonchev–Trinajstić information content (AvgIpc) is 2.70. The third-order valence-corrected chi connectivity index (χ3v) is 3.87. The van der Waals surface area contributed by atoms with Crippen LogP contribution in [0.25, 0.3) is 6.08 Å². The molecular formula is C22H22F2O4. The third kappa shape index (κ3) is 6.32. The topological polar surface area (TPSA) is 55.8 Å². The number of benzene rings is 2. The quantitative estimate of drug-likeness (QED) is 0.505. The van der Waals surface area contributed by atoms with Crippen LogP contribution >= 0.6 is 0 Å². The Morgan fingerprint density at radius 2 is 1.64 bits per heavy atom. The minimum atomic E-state index is -2.18. The first kappa shape index (κ1) is 21.3. The second-order valence-corrected chi connectivity index (χ2v) is 5.89. The van der Waals surface area contributed by atoms with Gasteiger partial charge >= 0.3 is 12.0 Å². The Labute approximate surface area is 162 Å². The predicted molar refractivity (Wildman–Crippen MR) is 102 cm³/mol. The molecule has 0 aliphatic carbocycles. The van der Waals surface area contributed by atoms with Crippen LogP contribution in [0.4, 0.5) is 8.78 Å². The molecule has 148 valence electrons. The fraction of sp³-hybridized carbons (Fsp3) is 0.227. The van der Waals surface area contributed by atoms with E-state index in [9.17, 15) is 18.7 Å². The van der Waals surface area contributed by atoms with Gasteiger partial charge in [-0.15, -0.1) is 0 Å². The van der Waals surface area contributed by atoms with Gasteiger partial charge in [-0.2, -0.15) is 8.78 Å². The molecule has 2 aromatic rings. The number of rotatable bonds is 9. The molecule has 0 amide bonds. The molecule has 0 fully saturated rings. The Hall–Kier alpha value is -2.99. The minimum Gasteiger partial charge on any atom is -0.487 e. The third-order valence-electron chi connectivity index (χ3n) is 3.87. The van der Waals surface area contributed by atoms with E-state index in [1.807, 2.05) is 6.07 Å². The van der Waals surface area contributed by atoms with Gasteiger partial charge in [0.1, 0.15) is 12.5 Å². The highest BCUT2D eigenvalue weighted by Crippen LogP contribution is 2.26. The molecule has 0 radical (unpaired) electrons. The lowest BCUT2D eigenvalue weighted by Crippen LogP contribution is -2.32. The van der Waals surface area contributed by atoms with Crippen LogP contribution in [0.15, 0.2) is 78.6 Å². The molecule has 0 spiro atoms. The molecular weight excluding hydrogens is 366 g/mol. The van der Waals surface area contributed by atoms with Gasteiger partial charge in [-0.3, -0.25) is 4.79 Å². The highest BCUT2D eigenvalue weighted by molar-refractivity contribution is 5.76. The van der Waals surface area contributed by atoms with E-state index in [1.165, 1.54) is 6.08 Å². The van der Waals surface area contributed by atoms with Crippen molar-refractivity contribution in [3.63, 3.8) is 0 Å². The molecule has 4 nitrogen and oxygen atoms in total. The summed E-state index contributed by atoms with van der Waals surface area (Å²) in [6.45, 7) is 1.38. The fourth-order valence-electron chi connectivity index (χ4n) is 2.52. The molecule has 6 heteroatoms. The van der Waals surface area contributed by atoms with Crippen LogP contribution in [0.1, 0.15) is 18.1 Å². The highest BCUT2D eigenvalue weighted by Gasteiger charge is 2.35. The zero-order valence-electron chi connectivity index (χ0n) is 15.4. The van der Waals surface area contributed by atoms with E-state index in [2.05, 4.69) is 0 Å². The Morgan fingerprint density at radius 1 is 1.04 bits per heavy atom. The maximum atomic E-state index is 13.6. The summed E-state index contributed by atoms with van der Waals surface area (Å²) in [4.78, 5) is 12.3. The maximum Gasteiger partial charge on any atom is 0.319 e. The molecule has 0 aliphatic heterocycles. The molecule has 0 bridgehead atoms. The largest absolute Gasteiger partial charge is 0.487 e. The van der Waals surface area contributed by atoms with Gasteiger partial charge in [-0.05, 0) is 18.1 Å². The second-order valence-electron chi connectivity index (χ2n) is 5.89. The lowest BCUT2D eigenvalue weighted by atomic mass is 9.99. The van der Waals surface area contributed by atoms with Gasteiger partial charge in [0.25, 0.3) is 0 Å². The number of esters is 1. The molecule has 0 saturated carbocycles. The fourth-order valence-corrected chi connectivity index (χ4v) is 2.52. The van der Waals surface area contributed by atoms with Crippen molar-refractivity contribution < 1.29 is 28.2 Å². The standard InChI is InChI=1S/C22H22F2O4/c1-2-27-22(26)19(18(25)14-13-16-9-5-3-6-10-16)20(21(23)24)28-15-17-11-7-4-8-12-17/h3-14,18-19,25H,2,15H2,1H3/b14-13+/t18-,19+/m0/s1. The highest BCUT2D eigenvalue weighted by atomic mass is 19.3. The van der Waals surface area contributed by atoms with E-state index >= 15 is 0 Å². The van der Waals surface area contributed by atoms with Crippen molar-refractivity contribution >= 4 is 12.0 Å². The summed E-state index contributed by atoms with van der Waals surface area (Å²) in [5.74, 6) is -3.55. The van der Waals surface area contributed by atoms with Gasteiger partial charge in [0, 0.05) is 0 Å². The average molecular weight is 388 g/mol. The van der Waals surface area contributed by atoms with Crippen LogP contribution < -0.4 is 0 Å². The predicted octanol–water partition coefficient (Wildman–Crippen LogP) is 4.56. The number of carbonyl (C=O) groups is 1. The number of ether oxygens (including phenoxy) is 2. The van der Waals surface area contributed by atoms with Crippen LogP contribution in [0.2, 0.25) is 0 Å². The van der Waals surface area contributed by atoms with E-state index in [-0.39, 0.29) is 13.2 Å². The lowest BCUT2D eigenvalue weighted by molar-refractivity contribution is -0.151. The van der Waals surface area contributed by atoms with Crippen LogP contribution in [0.3, 0.4) is 0 Å². The van der Waals surface area contributed by atoms with Crippen LogP contribution in [0, 0.1) is 5.92 Å².